The molecule has 2 aromatic rings. The molecule has 1 aliphatic rings. The summed E-state index contributed by atoms with van der Waals surface area (Å²) in [6.07, 6.45) is 0.950. The summed E-state index contributed by atoms with van der Waals surface area (Å²) < 4.78 is 18.9. The third kappa shape index (κ3) is 2.34. The molecule has 0 bridgehead atoms. The van der Waals surface area contributed by atoms with Crippen LogP contribution in [-0.2, 0) is 13.0 Å². The van der Waals surface area contributed by atoms with E-state index in [-0.39, 0.29) is 5.82 Å². The molecular formula is C16H16FNO. The number of fused-ring (bicyclic) bond motifs is 1. The minimum atomic E-state index is -0.196. The largest absolute Gasteiger partial charge is 0.493 e. The highest BCUT2D eigenvalue weighted by Gasteiger charge is 2.14. The normalized spacial score (nSPS) is 13.2. The van der Waals surface area contributed by atoms with Crippen LogP contribution >= 0.6 is 0 Å². The topological polar surface area (TPSA) is 21.3 Å². The number of rotatable bonds is 3. The summed E-state index contributed by atoms with van der Waals surface area (Å²) in [4.78, 5) is 0. The summed E-state index contributed by atoms with van der Waals surface area (Å²) in [7, 11) is 1.87. The molecule has 0 saturated carbocycles. The maximum atomic E-state index is 13.4. The molecule has 3 rings (SSSR count). The standard InChI is InChI=1S/C16H16FNO/c1-18-10-13-9-14(17)3-4-15(13)11-2-5-16-12(8-11)6-7-19-16/h2-5,8-9,18H,6-7,10H2,1H3. The molecule has 0 fully saturated rings. The van der Waals surface area contributed by atoms with Crippen LogP contribution in [-0.4, -0.2) is 13.7 Å². The summed E-state index contributed by atoms with van der Waals surface area (Å²) in [6.45, 7) is 1.41. The predicted octanol–water partition coefficient (Wildman–Crippen LogP) is 3.15. The Bertz CT molecular complexity index is 610. The van der Waals surface area contributed by atoms with Gasteiger partial charge in [-0.15, -0.1) is 0 Å². The Balaban J connectivity index is 2.06. The van der Waals surface area contributed by atoms with Crippen molar-refractivity contribution in [2.45, 2.75) is 13.0 Å². The fourth-order valence-electron chi connectivity index (χ4n) is 2.53. The summed E-state index contributed by atoms with van der Waals surface area (Å²) in [5, 5.41) is 3.08. The zero-order valence-electron chi connectivity index (χ0n) is 10.9. The van der Waals surface area contributed by atoms with Gasteiger partial charge >= 0.3 is 0 Å². The van der Waals surface area contributed by atoms with Crippen LogP contribution in [0.15, 0.2) is 36.4 Å². The highest BCUT2D eigenvalue weighted by atomic mass is 19.1. The van der Waals surface area contributed by atoms with Crippen LogP contribution < -0.4 is 10.1 Å². The maximum absolute atomic E-state index is 13.4. The molecule has 0 aromatic heterocycles. The molecule has 0 unspecified atom stereocenters. The van der Waals surface area contributed by atoms with Crippen molar-refractivity contribution in [3.63, 3.8) is 0 Å². The van der Waals surface area contributed by atoms with Gasteiger partial charge in [-0.3, -0.25) is 0 Å². The van der Waals surface area contributed by atoms with Crippen molar-refractivity contribution in [2.24, 2.45) is 0 Å². The van der Waals surface area contributed by atoms with Gasteiger partial charge in [0.05, 0.1) is 6.61 Å². The van der Waals surface area contributed by atoms with Crippen LogP contribution in [0.25, 0.3) is 11.1 Å². The van der Waals surface area contributed by atoms with Crippen LogP contribution in [0.1, 0.15) is 11.1 Å². The molecule has 0 aliphatic carbocycles. The Morgan fingerprint density at radius 3 is 2.95 bits per heavy atom. The van der Waals surface area contributed by atoms with E-state index in [1.54, 1.807) is 6.07 Å². The number of nitrogens with one attached hydrogen (secondary N) is 1. The first-order chi connectivity index (χ1) is 9.28. The lowest BCUT2D eigenvalue weighted by molar-refractivity contribution is 0.357. The minimum absolute atomic E-state index is 0.196. The van der Waals surface area contributed by atoms with Gasteiger partial charge in [0.2, 0.25) is 0 Å². The Labute approximate surface area is 112 Å². The lowest BCUT2D eigenvalue weighted by atomic mass is 9.97. The first-order valence-electron chi connectivity index (χ1n) is 6.47. The SMILES string of the molecule is CNCc1cc(F)ccc1-c1ccc2c(c1)CCO2. The fourth-order valence-corrected chi connectivity index (χ4v) is 2.53. The molecule has 0 atom stereocenters. The summed E-state index contributed by atoms with van der Waals surface area (Å²) >= 11 is 0. The second-order valence-electron chi connectivity index (χ2n) is 4.75. The molecule has 0 amide bonds. The first kappa shape index (κ1) is 12.2. The Morgan fingerprint density at radius 2 is 2.11 bits per heavy atom. The quantitative estimate of drug-likeness (QED) is 0.912. The van der Waals surface area contributed by atoms with E-state index in [1.807, 2.05) is 25.2 Å². The van der Waals surface area contributed by atoms with E-state index in [1.165, 1.54) is 11.6 Å². The highest BCUT2D eigenvalue weighted by Crippen LogP contribution is 2.32. The van der Waals surface area contributed by atoms with Crippen molar-refractivity contribution in [1.82, 2.24) is 5.32 Å². The molecule has 2 aromatic carbocycles. The Hall–Kier alpha value is -1.87. The lowest BCUT2D eigenvalue weighted by Gasteiger charge is -2.11. The fraction of sp³-hybridized carbons (Fsp3) is 0.250. The summed E-state index contributed by atoms with van der Waals surface area (Å²) in [6, 6.07) is 11.1. The van der Waals surface area contributed by atoms with Crippen molar-refractivity contribution < 1.29 is 9.13 Å². The molecule has 0 saturated heterocycles. The van der Waals surface area contributed by atoms with Gasteiger partial charge in [-0.2, -0.15) is 0 Å². The molecule has 0 radical (unpaired) electrons. The van der Waals surface area contributed by atoms with Crippen molar-refractivity contribution in [3.8, 4) is 16.9 Å². The molecule has 3 heteroatoms. The number of benzene rings is 2. The van der Waals surface area contributed by atoms with Crippen LogP contribution in [0, 0.1) is 5.82 Å². The number of hydrogen-bond acceptors (Lipinski definition) is 2. The number of ether oxygens (including phenoxy) is 1. The second kappa shape index (κ2) is 5.02. The van der Waals surface area contributed by atoms with Crippen LogP contribution in [0.5, 0.6) is 5.75 Å². The molecule has 1 N–H and O–H groups in total. The summed E-state index contributed by atoms with van der Waals surface area (Å²) in [5.74, 6) is 0.777. The second-order valence-corrected chi connectivity index (χ2v) is 4.75. The zero-order valence-corrected chi connectivity index (χ0v) is 10.9. The van der Waals surface area contributed by atoms with Gasteiger partial charge in [-0.25, -0.2) is 4.39 Å². The molecule has 19 heavy (non-hydrogen) atoms. The van der Waals surface area contributed by atoms with Crippen molar-refractivity contribution in [1.29, 1.82) is 0 Å². The number of hydrogen-bond donors (Lipinski definition) is 1. The minimum Gasteiger partial charge on any atom is -0.493 e. The predicted molar refractivity (Wildman–Crippen MR) is 73.8 cm³/mol. The van der Waals surface area contributed by atoms with E-state index < -0.39 is 0 Å². The van der Waals surface area contributed by atoms with E-state index in [4.69, 9.17) is 4.74 Å². The van der Waals surface area contributed by atoms with Gasteiger partial charge in [0.25, 0.3) is 0 Å². The Morgan fingerprint density at radius 1 is 1.21 bits per heavy atom. The van der Waals surface area contributed by atoms with Crippen molar-refractivity contribution in [2.75, 3.05) is 13.7 Å². The molecule has 1 heterocycles. The highest BCUT2D eigenvalue weighted by molar-refractivity contribution is 5.69. The average Bonchev–Trinajstić information content (AvgIpc) is 2.86. The maximum Gasteiger partial charge on any atom is 0.123 e. The van der Waals surface area contributed by atoms with Crippen LogP contribution in [0.2, 0.25) is 0 Å². The van der Waals surface area contributed by atoms with Crippen LogP contribution in [0.4, 0.5) is 4.39 Å². The third-order valence-corrected chi connectivity index (χ3v) is 3.43. The molecule has 98 valence electrons. The Kier molecular flexibility index (Phi) is 3.22. The van der Waals surface area contributed by atoms with Crippen molar-refractivity contribution >= 4 is 0 Å². The van der Waals surface area contributed by atoms with Crippen LogP contribution in [0.3, 0.4) is 0 Å². The first-order valence-corrected chi connectivity index (χ1v) is 6.47. The van der Waals surface area contributed by atoms with Gasteiger partial charge < -0.3 is 10.1 Å². The smallest absolute Gasteiger partial charge is 0.123 e. The monoisotopic (exact) mass is 257 g/mol. The molecule has 1 aliphatic heterocycles. The van der Waals surface area contributed by atoms with Gasteiger partial charge in [0.1, 0.15) is 11.6 Å². The third-order valence-electron chi connectivity index (χ3n) is 3.43. The van der Waals surface area contributed by atoms with E-state index >= 15 is 0 Å². The number of halogens is 1. The molecule has 0 spiro atoms. The van der Waals surface area contributed by atoms with Gasteiger partial charge in [0, 0.05) is 13.0 Å². The van der Waals surface area contributed by atoms with Gasteiger partial charge in [0.15, 0.2) is 0 Å². The molecular weight excluding hydrogens is 241 g/mol. The molecule has 2 nitrogen and oxygen atoms in total. The van der Waals surface area contributed by atoms with E-state index in [0.717, 1.165) is 35.5 Å². The van der Waals surface area contributed by atoms with Crippen molar-refractivity contribution in [3.05, 3.63) is 53.3 Å². The van der Waals surface area contributed by atoms with E-state index in [9.17, 15) is 4.39 Å². The lowest BCUT2D eigenvalue weighted by Crippen LogP contribution is -2.06. The van der Waals surface area contributed by atoms with Gasteiger partial charge in [-0.1, -0.05) is 12.1 Å². The average molecular weight is 257 g/mol. The summed E-state index contributed by atoms with van der Waals surface area (Å²) in [5.41, 5.74) is 4.40. The van der Waals surface area contributed by atoms with E-state index in [0.29, 0.717) is 6.54 Å². The zero-order chi connectivity index (χ0) is 13.2. The van der Waals surface area contributed by atoms with Gasteiger partial charge in [-0.05, 0) is 53.6 Å². The van der Waals surface area contributed by atoms with E-state index in [2.05, 4.69) is 11.4 Å².